The minimum atomic E-state index is -0.248. The zero-order valence-corrected chi connectivity index (χ0v) is 8.17. The quantitative estimate of drug-likeness (QED) is 0.730. The molecule has 0 bridgehead atoms. The first-order valence-electron chi connectivity index (χ1n) is 3.54. The van der Waals surface area contributed by atoms with E-state index in [1.165, 1.54) is 0 Å². The van der Waals surface area contributed by atoms with Gasteiger partial charge in [-0.15, -0.1) is 0 Å². The summed E-state index contributed by atoms with van der Waals surface area (Å²) in [5.41, 5.74) is 0. The number of pyridine rings is 1. The van der Waals surface area contributed by atoms with Gasteiger partial charge in [-0.3, -0.25) is 9.78 Å². The molecule has 0 aliphatic heterocycles. The molecule has 0 atom stereocenters. The highest BCUT2D eigenvalue weighted by Crippen LogP contribution is 2.22. The molecule has 0 fully saturated rings. The first kappa shape index (κ1) is 9.19. The van der Waals surface area contributed by atoms with E-state index in [1.54, 1.807) is 25.4 Å². The van der Waals surface area contributed by atoms with Crippen molar-refractivity contribution in [2.75, 3.05) is 0 Å². The van der Waals surface area contributed by atoms with Gasteiger partial charge in [-0.2, -0.15) is 0 Å². The van der Waals surface area contributed by atoms with Gasteiger partial charge >= 0.3 is 5.97 Å². The average Bonchev–Trinajstić information content (AvgIpc) is 2.09. The normalized spacial score (nSPS) is 9.50. The number of aromatic nitrogens is 1. The summed E-state index contributed by atoms with van der Waals surface area (Å²) in [7, 11) is 0. The molecule has 1 aromatic heterocycles. The van der Waals surface area contributed by atoms with Crippen LogP contribution in [0.15, 0.2) is 22.9 Å². The highest BCUT2D eigenvalue weighted by atomic mass is 79.9. The van der Waals surface area contributed by atoms with Crippen molar-refractivity contribution in [2.24, 2.45) is 0 Å². The summed E-state index contributed by atoms with van der Waals surface area (Å²) in [4.78, 5) is 14.7. The van der Waals surface area contributed by atoms with E-state index in [0.29, 0.717) is 16.6 Å². The van der Waals surface area contributed by atoms with Crippen LogP contribution in [0, 0.1) is 0 Å². The number of hydrogen-bond donors (Lipinski definition) is 0. The second-order valence-corrected chi connectivity index (χ2v) is 2.99. The number of ether oxygens (including phenoxy) is 1. The fraction of sp³-hybridized carbons (Fsp3) is 0.250. The molecule has 1 rings (SSSR count). The number of rotatable bonds is 2. The van der Waals surface area contributed by atoms with Crippen molar-refractivity contribution in [1.82, 2.24) is 4.98 Å². The Morgan fingerprint density at radius 3 is 3.08 bits per heavy atom. The van der Waals surface area contributed by atoms with Crippen LogP contribution in [0.25, 0.3) is 0 Å². The molecule has 0 spiro atoms. The third-order valence-electron chi connectivity index (χ3n) is 1.25. The first-order valence-corrected chi connectivity index (χ1v) is 4.33. The Balaban J connectivity index is 2.75. The molecule has 1 heterocycles. The largest absolute Gasteiger partial charge is 0.425 e. The Kier molecular flexibility index (Phi) is 3.22. The summed E-state index contributed by atoms with van der Waals surface area (Å²) >= 11 is 3.21. The summed E-state index contributed by atoms with van der Waals surface area (Å²) in [5.74, 6) is 0.263. The monoisotopic (exact) mass is 229 g/mol. The van der Waals surface area contributed by atoms with E-state index in [4.69, 9.17) is 4.74 Å². The number of esters is 1. The highest BCUT2D eigenvalue weighted by Gasteiger charge is 2.04. The summed E-state index contributed by atoms with van der Waals surface area (Å²) in [6.07, 6.45) is 3.52. The van der Waals surface area contributed by atoms with Gasteiger partial charge in [0.25, 0.3) is 0 Å². The summed E-state index contributed by atoms with van der Waals surface area (Å²) in [6.45, 7) is 1.75. The van der Waals surface area contributed by atoms with Crippen molar-refractivity contribution in [3.8, 4) is 5.75 Å². The molecule has 0 aliphatic carbocycles. The molecule has 0 saturated heterocycles. The molecule has 1 aromatic rings. The van der Waals surface area contributed by atoms with Gasteiger partial charge in [0, 0.05) is 24.9 Å². The Morgan fingerprint density at radius 1 is 1.75 bits per heavy atom. The Morgan fingerprint density at radius 2 is 2.50 bits per heavy atom. The van der Waals surface area contributed by atoms with Gasteiger partial charge in [-0.1, -0.05) is 6.92 Å². The van der Waals surface area contributed by atoms with Crippen molar-refractivity contribution in [1.29, 1.82) is 0 Å². The van der Waals surface area contributed by atoms with Crippen LogP contribution in [-0.2, 0) is 4.79 Å². The Hall–Kier alpha value is -0.900. The Bertz CT molecular complexity index is 288. The molecular weight excluding hydrogens is 222 g/mol. The second kappa shape index (κ2) is 4.21. The molecule has 3 nitrogen and oxygen atoms in total. The SMILES string of the molecule is CCC(=O)Oc1ccncc1Br. The van der Waals surface area contributed by atoms with E-state index >= 15 is 0 Å². The second-order valence-electron chi connectivity index (χ2n) is 2.13. The van der Waals surface area contributed by atoms with Crippen molar-refractivity contribution >= 4 is 21.9 Å². The van der Waals surface area contributed by atoms with Gasteiger partial charge < -0.3 is 4.74 Å². The number of nitrogens with zero attached hydrogens (tertiary/aromatic N) is 1. The number of halogens is 1. The number of hydrogen-bond acceptors (Lipinski definition) is 3. The van der Waals surface area contributed by atoms with Crippen LogP contribution in [0.1, 0.15) is 13.3 Å². The molecule has 4 heteroatoms. The van der Waals surface area contributed by atoms with Crippen molar-refractivity contribution < 1.29 is 9.53 Å². The first-order chi connectivity index (χ1) is 5.74. The van der Waals surface area contributed by atoms with E-state index in [-0.39, 0.29) is 5.97 Å². The van der Waals surface area contributed by atoms with Crippen LogP contribution in [0.4, 0.5) is 0 Å². The molecule has 0 unspecified atom stereocenters. The third-order valence-corrected chi connectivity index (χ3v) is 1.84. The fourth-order valence-electron chi connectivity index (χ4n) is 0.640. The molecule has 0 amide bonds. The standard InChI is InChI=1S/C8H8BrNO2/c1-2-8(11)12-7-3-4-10-5-6(7)9/h3-5H,2H2,1H3. The lowest BCUT2D eigenvalue weighted by Crippen LogP contribution is -2.05. The van der Waals surface area contributed by atoms with Crippen molar-refractivity contribution in [2.45, 2.75) is 13.3 Å². The van der Waals surface area contributed by atoms with Gasteiger partial charge in [0.05, 0.1) is 4.47 Å². The summed E-state index contributed by atoms with van der Waals surface area (Å²) in [6, 6.07) is 1.64. The lowest BCUT2D eigenvalue weighted by molar-refractivity contribution is -0.134. The van der Waals surface area contributed by atoms with E-state index in [9.17, 15) is 4.79 Å². The molecule has 64 valence electrons. The molecular formula is C8H8BrNO2. The maximum absolute atomic E-state index is 10.9. The lowest BCUT2D eigenvalue weighted by Gasteiger charge is -2.02. The zero-order valence-electron chi connectivity index (χ0n) is 6.58. The summed E-state index contributed by atoms with van der Waals surface area (Å²) < 4.78 is 5.66. The van der Waals surface area contributed by atoms with E-state index in [2.05, 4.69) is 20.9 Å². The smallest absolute Gasteiger partial charge is 0.310 e. The lowest BCUT2D eigenvalue weighted by atomic mass is 10.4. The predicted molar refractivity (Wildman–Crippen MR) is 47.9 cm³/mol. The molecule has 0 radical (unpaired) electrons. The van der Waals surface area contributed by atoms with Crippen LogP contribution < -0.4 is 4.74 Å². The summed E-state index contributed by atoms with van der Waals surface area (Å²) in [5, 5.41) is 0. The minimum absolute atomic E-state index is 0.248. The maximum atomic E-state index is 10.9. The highest BCUT2D eigenvalue weighted by molar-refractivity contribution is 9.10. The molecule has 0 N–H and O–H groups in total. The van der Waals surface area contributed by atoms with Gasteiger partial charge in [-0.25, -0.2) is 0 Å². The van der Waals surface area contributed by atoms with E-state index in [1.807, 2.05) is 0 Å². The van der Waals surface area contributed by atoms with Crippen molar-refractivity contribution in [3.63, 3.8) is 0 Å². The predicted octanol–water partition coefficient (Wildman–Crippen LogP) is 2.16. The van der Waals surface area contributed by atoms with Gasteiger partial charge in [-0.05, 0) is 15.9 Å². The number of carbonyl (C=O) groups is 1. The van der Waals surface area contributed by atoms with Gasteiger partial charge in [0.15, 0.2) is 0 Å². The maximum Gasteiger partial charge on any atom is 0.310 e. The molecule has 0 aliphatic rings. The van der Waals surface area contributed by atoms with Crippen LogP contribution >= 0.6 is 15.9 Å². The fourth-order valence-corrected chi connectivity index (χ4v) is 0.971. The number of carbonyl (C=O) groups excluding carboxylic acids is 1. The van der Waals surface area contributed by atoms with Crippen LogP contribution in [0.3, 0.4) is 0 Å². The van der Waals surface area contributed by atoms with E-state index in [0.717, 1.165) is 0 Å². The molecule has 12 heavy (non-hydrogen) atoms. The minimum Gasteiger partial charge on any atom is -0.425 e. The molecule has 0 aromatic carbocycles. The third kappa shape index (κ3) is 2.30. The van der Waals surface area contributed by atoms with E-state index < -0.39 is 0 Å². The zero-order chi connectivity index (χ0) is 8.97. The average molecular weight is 230 g/mol. The van der Waals surface area contributed by atoms with Crippen molar-refractivity contribution in [3.05, 3.63) is 22.9 Å². The Labute approximate surface area is 78.9 Å². The van der Waals surface area contributed by atoms with Gasteiger partial charge in [0.1, 0.15) is 5.75 Å². The van der Waals surface area contributed by atoms with Gasteiger partial charge in [0.2, 0.25) is 0 Å². The van der Waals surface area contributed by atoms with Crippen LogP contribution in [-0.4, -0.2) is 11.0 Å². The van der Waals surface area contributed by atoms with Crippen LogP contribution in [0.5, 0.6) is 5.75 Å². The van der Waals surface area contributed by atoms with Crippen LogP contribution in [0.2, 0.25) is 0 Å². The molecule has 0 saturated carbocycles. The topological polar surface area (TPSA) is 39.2 Å².